The lowest BCUT2D eigenvalue weighted by atomic mass is 9.73. The second-order valence-corrected chi connectivity index (χ2v) is 5.25. The highest BCUT2D eigenvalue weighted by atomic mass is 16.6. The average molecular weight is 297 g/mol. The Hall–Kier alpha value is -2.45. The minimum atomic E-state index is -1.38. The largest absolute Gasteiger partial charge is 0.511 e. The highest BCUT2D eigenvalue weighted by Crippen LogP contribution is 2.37. The first kappa shape index (κ1) is 14.9. The topological polar surface area (TPSA) is 130 Å². The number of hydrogen-bond acceptors (Lipinski definition) is 6. The van der Waals surface area contributed by atoms with Crippen LogP contribution in [0.1, 0.15) is 13.8 Å². The molecule has 0 aromatic rings. The zero-order chi connectivity index (χ0) is 16.1. The van der Waals surface area contributed by atoms with Crippen molar-refractivity contribution in [2.24, 2.45) is 5.92 Å². The van der Waals surface area contributed by atoms with Crippen LogP contribution in [-0.2, 0) is 9.59 Å². The molecule has 0 spiro atoms. The summed E-state index contributed by atoms with van der Waals surface area (Å²) in [6, 6.07) is -4.36. The van der Waals surface area contributed by atoms with E-state index in [1.54, 1.807) is 0 Å². The van der Waals surface area contributed by atoms with Crippen LogP contribution in [-0.4, -0.2) is 57.7 Å². The molecule has 0 aromatic carbocycles. The number of nitro groups is 1. The van der Waals surface area contributed by atoms with Crippen LogP contribution < -0.4 is 5.32 Å². The number of nitrogens with one attached hydrogen (secondary N) is 1. The first-order chi connectivity index (χ1) is 9.68. The lowest BCUT2D eigenvalue weighted by Crippen LogP contribution is -2.71. The molecule has 0 saturated carbocycles. The van der Waals surface area contributed by atoms with Crippen molar-refractivity contribution in [1.29, 1.82) is 0 Å². The van der Waals surface area contributed by atoms with Gasteiger partial charge in [-0.2, -0.15) is 0 Å². The molecule has 4 atom stereocenters. The second-order valence-electron chi connectivity index (χ2n) is 5.25. The van der Waals surface area contributed by atoms with Crippen molar-refractivity contribution in [3.8, 4) is 0 Å². The summed E-state index contributed by atoms with van der Waals surface area (Å²) in [5, 5.41) is 23.9. The Morgan fingerprint density at radius 3 is 2.38 bits per heavy atom. The molecule has 0 radical (unpaired) electrons. The lowest BCUT2D eigenvalue weighted by molar-refractivity contribution is -0.535. The SMILES string of the molecule is CC(=O)C1=C(O)[C@H](C(C)=O)[C@H]2NC(=O)N(C)[C@H]1[C@H]2[N+](=O)[O-]. The van der Waals surface area contributed by atoms with Gasteiger partial charge < -0.3 is 15.3 Å². The highest BCUT2D eigenvalue weighted by Gasteiger charge is 2.59. The number of nitrogens with zero attached hydrogens (tertiary/aromatic N) is 2. The molecular weight excluding hydrogens is 282 g/mol. The minimum absolute atomic E-state index is 0.245. The first-order valence-corrected chi connectivity index (χ1v) is 6.29. The summed E-state index contributed by atoms with van der Waals surface area (Å²) in [5.41, 5.74) is -0.245. The number of carbonyl (C=O) groups is 3. The number of fused-ring (bicyclic) bond motifs is 2. The molecule has 2 amide bonds. The summed E-state index contributed by atoms with van der Waals surface area (Å²) < 4.78 is 0. The fourth-order valence-electron chi connectivity index (χ4n) is 3.10. The van der Waals surface area contributed by atoms with Gasteiger partial charge in [0.1, 0.15) is 29.5 Å². The van der Waals surface area contributed by atoms with Crippen molar-refractivity contribution in [2.75, 3.05) is 7.05 Å². The molecule has 21 heavy (non-hydrogen) atoms. The van der Waals surface area contributed by atoms with Crippen LogP contribution in [0.3, 0.4) is 0 Å². The Kier molecular flexibility index (Phi) is 3.44. The molecule has 9 nitrogen and oxygen atoms in total. The van der Waals surface area contributed by atoms with Crippen LogP contribution >= 0.6 is 0 Å². The molecule has 0 aromatic heterocycles. The molecule has 2 rings (SSSR count). The van der Waals surface area contributed by atoms with Crippen molar-refractivity contribution >= 4 is 17.6 Å². The molecule has 1 heterocycles. The predicted molar refractivity (Wildman–Crippen MR) is 69.2 cm³/mol. The maximum atomic E-state index is 11.9. The van der Waals surface area contributed by atoms with Crippen LogP contribution in [0, 0.1) is 16.0 Å². The molecule has 1 fully saturated rings. The Morgan fingerprint density at radius 2 is 1.95 bits per heavy atom. The molecule has 114 valence electrons. The van der Waals surface area contributed by atoms with Gasteiger partial charge >= 0.3 is 6.03 Å². The van der Waals surface area contributed by atoms with Gasteiger partial charge in [-0.15, -0.1) is 0 Å². The molecule has 2 bridgehead atoms. The third-order valence-electron chi connectivity index (χ3n) is 4.01. The van der Waals surface area contributed by atoms with E-state index in [1.807, 2.05) is 0 Å². The third kappa shape index (κ3) is 2.05. The number of carbonyl (C=O) groups excluding carboxylic acids is 3. The minimum Gasteiger partial charge on any atom is -0.511 e. The van der Waals surface area contributed by atoms with Crippen LogP contribution in [0.2, 0.25) is 0 Å². The molecule has 2 N–H and O–H groups in total. The highest BCUT2D eigenvalue weighted by molar-refractivity contribution is 5.99. The molecule has 1 saturated heterocycles. The van der Waals surface area contributed by atoms with Crippen LogP contribution in [0.15, 0.2) is 11.3 Å². The van der Waals surface area contributed by atoms with Crippen molar-refractivity contribution in [2.45, 2.75) is 32.0 Å². The monoisotopic (exact) mass is 297 g/mol. The lowest BCUT2D eigenvalue weighted by Gasteiger charge is -2.45. The maximum absolute atomic E-state index is 11.9. The number of aliphatic hydroxyl groups excluding tert-OH is 1. The zero-order valence-corrected chi connectivity index (χ0v) is 11.7. The van der Waals surface area contributed by atoms with E-state index in [4.69, 9.17) is 0 Å². The van der Waals surface area contributed by atoms with Gasteiger partial charge in [-0.05, 0) is 13.8 Å². The summed E-state index contributed by atoms with van der Waals surface area (Å²) in [4.78, 5) is 47.2. The molecule has 0 unspecified atom stereocenters. The van der Waals surface area contributed by atoms with Gasteiger partial charge in [-0.3, -0.25) is 19.7 Å². The number of rotatable bonds is 3. The predicted octanol–water partition coefficient (Wildman–Crippen LogP) is -0.356. The quantitative estimate of drug-likeness (QED) is 0.540. The fraction of sp³-hybridized carbons (Fsp3) is 0.583. The number of ketones is 2. The number of likely N-dealkylation sites (N-methyl/N-ethyl adjacent to an activating group) is 1. The standard InChI is InChI=1S/C12H15N3O6/c1-4(16)6-8-10(15(20)21)9(14(3)12(19)13-8)7(5(2)17)11(6)18/h6,8-10,18H,1-3H3,(H,13,19)/t6-,8-,9-,10+/m1/s1. The molecule has 9 heteroatoms. The number of Topliss-reactive ketones (excluding diaryl/α,β-unsaturated/α-hetero) is 2. The van der Waals surface area contributed by atoms with Crippen molar-refractivity contribution in [3.63, 3.8) is 0 Å². The number of urea groups is 1. The fourth-order valence-corrected chi connectivity index (χ4v) is 3.10. The van der Waals surface area contributed by atoms with Gasteiger partial charge in [0, 0.05) is 12.0 Å². The van der Waals surface area contributed by atoms with E-state index < -0.39 is 52.3 Å². The summed E-state index contributed by atoms with van der Waals surface area (Å²) in [6.45, 7) is 2.29. The Bertz CT molecular complexity index is 584. The van der Waals surface area contributed by atoms with Gasteiger partial charge in [0.05, 0.1) is 5.57 Å². The van der Waals surface area contributed by atoms with Gasteiger partial charge in [-0.1, -0.05) is 0 Å². The van der Waals surface area contributed by atoms with Crippen LogP contribution in [0.5, 0.6) is 0 Å². The normalized spacial score (nSPS) is 31.8. The molecule has 1 aliphatic carbocycles. The van der Waals surface area contributed by atoms with Gasteiger partial charge in [0.25, 0.3) is 6.04 Å². The van der Waals surface area contributed by atoms with E-state index in [0.29, 0.717) is 0 Å². The van der Waals surface area contributed by atoms with E-state index in [0.717, 1.165) is 18.7 Å². The average Bonchev–Trinajstić information content (AvgIpc) is 2.33. The van der Waals surface area contributed by atoms with Crippen molar-refractivity contribution < 1.29 is 24.4 Å². The van der Waals surface area contributed by atoms with Crippen LogP contribution in [0.25, 0.3) is 0 Å². The maximum Gasteiger partial charge on any atom is 0.318 e. The first-order valence-electron chi connectivity index (χ1n) is 6.29. The summed E-state index contributed by atoms with van der Waals surface area (Å²) >= 11 is 0. The van der Waals surface area contributed by atoms with E-state index in [2.05, 4.69) is 5.32 Å². The Balaban J connectivity index is 2.72. The van der Waals surface area contributed by atoms with Crippen molar-refractivity contribution in [1.82, 2.24) is 10.2 Å². The number of hydrogen-bond donors (Lipinski definition) is 2. The van der Waals surface area contributed by atoms with Gasteiger partial charge in [0.15, 0.2) is 5.78 Å². The third-order valence-corrected chi connectivity index (χ3v) is 4.01. The summed E-state index contributed by atoms with van der Waals surface area (Å²) in [7, 11) is 1.30. The van der Waals surface area contributed by atoms with E-state index in [9.17, 15) is 29.6 Å². The van der Waals surface area contributed by atoms with Crippen molar-refractivity contribution in [3.05, 3.63) is 21.4 Å². The van der Waals surface area contributed by atoms with E-state index >= 15 is 0 Å². The van der Waals surface area contributed by atoms with Gasteiger partial charge in [-0.25, -0.2) is 4.79 Å². The Labute approximate surface area is 119 Å². The van der Waals surface area contributed by atoms with Crippen LogP contribution in [0.4, 0.5) is 4.79 Å². The Morgan fingerprint density at radius 1 is 1.38 bits per heavy atom. The smallest absolute Gasteiger partial charge is 0.318 e. The molecular formula is C12H15N3O6. The number of aliphatic hydroxyl groups is 1. The molecule has 2 aliphatic rings. The van der Waals surface area contributed by atoms with E-state index in [1.165, 1.54) is 7.05 Å². The second kappa shape index (κ2) is 4.83. The molecule has 1 aliphatic heterocycles. The summed E-state index contributed by atoms with van der Waals surface area (Å²) in [6.07, 6.45) is 0. The zero-order valence-electron chi connectivity index (χ0n) is 11.7. The number of amides is 2. The summed E-state index contributed by atoms with van der Waals surface area (Å²) in [5.74, 6) is -2.93. The van der Waals surface area contributed by atoms with E-state index in [-0.39, 0.29) is 5.57 Å². The van der Waals surface area contributed by atoms with Gasteiger partial charge in [0.2, 0.25) is 0 Å².